The maximum atomic E-state index is 12.4. The number of aryl methyl sites for hydroxylation is 3. The molecule has 0 saturated carbocycles. The summed E-state index contributed by atoms with van der Waals surface area (Å²) in [4.78, 5) is 17.4. The number of hydrogen-bond acceptors (Lipinski definition) is 3. The quantitative estimate of drug-likeness (QED) is 0.800. The van der Waals surface area contributed by atoms with Crippen LogP contribution in [0.2, 0.25) is 0 Å². The Morgan fingerprint density at radius 3 is 2.59 bits per heavy atom. The van der Waals surface area contributed by atoms with E-state index >= 15 is 0 Å². The van der Waals surface area contributed by atoms with Crippen LogP contribution in [0.25, 0.3) is 0 Å². The Balaban J connectivity index is 1.87. The van der Waals surface area contributed by atoms with Crippen LogP contribution in [-0.2, 0) is 11.3 Å². The van der Waals surface area contributed by atoms with Crippen LogP contribution >= 0.6 is 23.6 Å². The standard InChI is InChI=1S/C17H18N2OS2/c1-11-4-5-14(13(3)8-11)19-16(20)10-18(17(19)21)9-15-12(2)6-7-22-15/h4-8H,9-10H2,1-3H3. The Morgan fingerprint density at radius 2 is 1.95 bits per heavy atom. The van der Waals surface area contributed by atoms with Gasteiger partial charge in [-0.1, -0.05) is 17.7 Å². The minimum absolute atomic E-state index is 0.0474. The number of amides is 1. The van der Waals surface area contributed by atoms with E-state index in [2.05, 4.69) is 24.4 Å². The number of carbonyl (C=O) groups excluding carboxylic acids is 1. The number of thiophene rings is 1. The summed E-state index contributed by atoms with van der Waals surface area (Å²) in [6.07, 6.45) is 0. The smallest absolute Gasteiger partial charge is 0.252 e. The van der Waals surface area contributed by atoms with Crippen LogP contribution in [0.4, 0.5) is 5.69 Å². The first-order valence-corrected chi connectivity index (χ1v) is 8.48. The first kappa shape index (κ1) is 15.2. The maximum Gasteiger partial charge on any atom is 0.252 e. The predicted octanol–water partition coefficient (Wildman–Crippen LogP) is 3.81. The third kappa shape index (κ3) is 2.66. The molecular weight excluding hydrogens is 312 g/mol. The second-order valence-electron chi connectivity index (χ2n) is 5.68. The molecule has 1 aromatic heterocycles. The van der Waals surface area contributed by atoms with Crippen molar-refractivity contribution in [2.75, 3.05) is 11.4 Å². The average molecular weight is 330 g/mol. The summed E-state index contributed by atoms with van der Waals surface area (Å²) in [6.45, 7) is 7.21. The summed E-state index contributed by atoms with van der Waals surface area (Å²) in [5.41, 5.74) is 4.41. The number of anilines is 1. The van der Waals surface area contributed by atoms with Crippen molar-refractivity contribution in [3.8, 4) is 0 Å². The molecule has 2 heterocycles. The van der Waals surface area contributed by atoms with Crippen LogP contribution in [0.15, 0.2) is 29.6 Å². The van der Waals surface area contributed by atoms with E-state index < -0.39 is 0 Å². The molecule has 0 bridgehead atoms. The number of nitrogens with zero attached hydrogens (tertiary/aromatic N) is 2. The van der Waals surface area contributed by atoms with Gasteiger partial charge in [0, 0.05) is 4.88 Å². The summed E-state index contributed by atoms with van der Waals surface area (Å²) < 4.78 is 0. The zero-order valence-corrected chi connectivity index (χ0v) is 14.6. The van der Waals surface area contributed by atoms with Gasteiger partial charge in [0.25, 0.3) is 5.91 Å². The normalized spacial score (nSPS) is 15.0. The Kier molecular flexibility index (Phi) is 4.02. The minimum atomic E-state index is 0.0474. The van der Waals surface area contributed by atoms with Gasteiger partial charge < -0.3 is 4.90 Å². The molecule has 0 radical (unpaired) electrons. The van der Waals surface area contributed by atoms with Crippen LogP contribution in [-0.4, -0.2) is 22.5 Å². The fourth-order valence-electron chi connectivity index (χ4n) is 2.71. The molecule has 0 N–H and O–H groups in total. The zero-order chi connectivity index (χ0) is 15.9. The molecule has 0 aliphatic carbocycles. The van der Waals surface area contributed by atoms with Gasteiger partial charge in [0.2, 0.25) is 0 Å². The number of rotatable bonds is 3. The highest BCUT2D eigenvalue weighted by molar-refractivity contribution is 7.80. The first-order chi connectivity index (χ1) is 10.5. The second-order valence-corrected chi connectivity index (χ2v) is 7.05. The molecule has 22 heavy (non-hydrogen) atoms. The Morgan fingerprint density at radius 1 is 1.18 bits per heavy atom. The van der Waals surface area contributed by atoms with Crippen molar-refractivity contribution in [3.63, 3.8) is 0 Å². The summed E-state index contributed by atoms with van der Waals surface area (Å²) >= 11 is 7.28. The van der Waals surface area contributed by atoms with Crippen molar-refractivity contribution < 1.29 is 4.79 Å². The third-order valence-electron chi connectivity index (χ3n) is 3.93. The van der Waals surface area contributed by atoms with Crippen molar-refractivity contribution in [1.82, 2.24) is 4.90 Å². The van der Waals surface area contributed by atoms with Crippen molar-refractivity contribution in [3.05, 3.63) is 51.2 Å². The molecule has 3 nitrogen and oxygen atoms in total. The van der Waals surface area contributed by atoms with Gasteiger partial charge in [0.15, 0.2) is 5.11 Å². The van der Waals surface area contributed by atoms with E-state index in [9.17, 15) is 4.79 Å². The summed E-state index contributed by atoms with van der Waals surface area (Å²) in [7, 11) is 0. The monoisotopic (exact) mass is 330 g/mol. The van der Waals surface area contributed by atoms with Gasteiger partial charge in [-0.3, -0.25) is 9.69 Å². The molecule has 0 unspecified atom stereocenters. The van der Waals surface area contributed by atoms with Crippen LogP contribution in [0, 0.1) is 20.8 Å². The molecule has 1 saturated heterocycles. The van der Waals surface area contributed by atoms with Gasteiger partial charge >= 0.3 is 0 Å². The summed E-state index contributed by atoms with van der Waals surface area (Å²) in [5.74, 6) is 0.0474. The average Bonchev–Trinajstić information content (AvgIpc) is 2.97. The van der Waals surface area contributed by atoms with Gasteiger partial charge in [-0.25, -0.2) is 0 Å². The molecule has 0 spiro atoms. The molecule has 5 heteroatoms. The van der Waals surface area contributed by atoms with E-state index in [1.165, 1.54) is 16.0 Å². The summed E-state index contributed by atoms with van der Waals surface area (Å²) in [6, 6.07) is 8.18. The Hall–Kier alpha value is -1.72. The van der Waals surface area contributed by atoms with E-state index in [0.717, 1.165) is 11.3 Å². The Bertz CT molecular complexity index is 751. The van der Waals surface area contributed by atoms with E-state index in [-0.39, 0.29) is 5.91 Å². The molecule has 1 fully saturated rings. The van der Waals surface area contributed by atoms with Crippen molar-refractivity contribution in [2.45, 2.75) is 27.3 Å². The molecule has 1 aliphatic rings. The van der Waals surface area contributed by atoms with Gasteiger partial charge in [0.1, 0.15) is 6.54 Å². The number of benzene rings is 1. The second kappa shape index (κ2) is 5.82. The predicted molar refractivity (Wildman–Crippen MR) is 95.5 cm³/mol. The molecule has 3 rings (SSSR count). The highest BCUT2D eigenvalue weighted by Gasteiger charge is 2.34. The maximum absolute atomic E-state index is 12.4. The van der Waals surface area contributed by atoms with Crippen molar-refractivity contribution in [2.24, 2.45) is 0 Å². The number of hydrogen-bond donors (Lipinski definition) is 0. The third-order valence-corrected chi connectivity index (χ3v) is 5.38. The molecule has 1 aromatic carbocycles. The largest absolute Gasteiger partial charge is 0.334 e. The minimum Gasteiger partial charge on any atom is -0.334 e. The first-order valence-electron chi connectivity index (χ1n) is 7.19. The lowest BCUT2D eigenvalue weighted by Crippen LogP contribution is -2.33. The molecule has 1 amide bonds. The Labute approximate surface area is 140 Å². The van der Waals surface area contributed by atoms with Crippen LogP contribution in [0.1, 0.15) is 21.6 Å². The van der Waals surface area contributed by atoms with Gasteiger partial charge in [-0.05, 0) is 61.6 Å². The van der Waals surface area contributed by atoms with E-state index in [1.807, 2.05) is 30.9 Å². The lowest BCUT2D eigenvalue weighted by Gasteiger charge is -2.21. The highest BCUT2D eigenvalue weighted by atomic mass is 32.1. The van der Waals surface area contributed by atoms with Gasteiger partial charge in [0.05, 0.1) is 12.2 Å². The van der Waals surface area contributed by atoms with Crippen LogP contribution < -0.4 is 4.90 Å². The lowest BCUT2D eigenvalue weighted by atomic mass is 10.1. The van der Waals surface area contributed by atoms with Crippen molar-refractivity contribution in [1.29, 1.82) is 0 Å². The fraction of sp³-hybridized carbons (Fsp3) is 0.294. The molecule has 114 valence electrons. The zero-order valence-electron chi connectivity index (χ0n) is 12.9. The lowest BCUT2D eigenvalue weighted by molar-refractivity contribution is -0.116. The number of carbonyl (C=O) groups is 1. The van der Waals surface area contributed by atoms with E-state index in [1.54, 1.807) is 16.2 Å². The summed E-state index contributed by atoms with van der Waals surface area (Å²) in [5, 5.41) is 2.68. The molecule has 1 aliphatic heterocycles. The van der Waals surface area contributed by atoms with Crippen LogP contribution in [0.5, 0.6) is 0 Å². The number of thiocarbonyl (C=S) groups is 1. The van der Waals surface area contributed by atoms with Gasteiger partial charge in [-0.15, -0.1) is 11.3 Å². The van der Waals surface area contributed by atoms with Gasteiger partial charge in [-0.2, -0.15) is 0 Å². The molecule has 0 atom stereocenters. The topological polar surface area (TPSA) is 23.6 Å². The highest BCUT2D eigenvalue weighted by Crippen LogP contribution is 2.28. The SMILES string of the molecule is Cc1ccc(N2C(=O)CN(Cc3sccc3C)C2=S)c(C)c1. The van der Waals surface area contributed by atoms with E-state index in [0.29, 0.717) is 18.2 Å². The molecular formula is C17H18N2OS2. The fourth-order valence-corrected chi connectivity index (χ4v) is 3.96. The van der Waals surface area contributed by atoms with E-state index in [4.69, 9.17) is 12.2 Å². The van der Waals surface area contributed by atoms with Crippen LogP contribution in [0.3, 0.4) is 0 Å². The van der Waals surface area contributed by atoms with Crippen molar-refractivity contribution >= 4 is 40.3 Å². The molecule has 2 aromatic rings.